The van der Waals surface area contributed by atoms with E-state index in [2.05, 4.69) is 10.3 Å². The number of methoxy groups -OCH3 is 1. The van der Waals surface area contributed by atoms with Crippen LogP contribution in [0.1, 0.15) is 28.4 Å². The third-order valence-electron chi connectivity index (χ3n) is 6.16. The number of amides is 2. The van der Waals surface area contributed by atoms with Crippen molar-refractivity contribution >= 4 is 22.6 Å². The lowest BCUT2D eigenvalue weighted by atomic mass is 9.92. The third-order valence-corrected chi connectivity index (χ3v) is 6.16. The Labute approximate surface area is 190 Å². The van der Waals surface area contributed by atoms with Crippen molar-refractivity contribution in [1.82, 2.24) is 9.88 Å². The Hall–Kier alpha value is -3.87. The Morgan fingerprint density at radius 2 is 1.88 bits per heavy atom. The van der Waals surface area contributed by atoms with E-state index >= 15 is 0 Å². The predicted molar refractivity (Wildman–Crippen MR) is 124 cm³/mol. The maximum absolute atomic E-state index is 14.2. The Morgan fingerprint density at radius 1 is 1.09 bits per heavy atom. The maximum atomic E-state index is 14.2. The summed E-state index contributed by atoms with van der Waals surface area (Å²) < 4.78 is 33.2. The third kappa shape index (κ3) is 3.80. The van der Waals surface area contributed by atoms with E-state index in [0.717, 1.165) is 57.2 Å². The fraction of sp³-hybridized carbons (Fsp3) is 0.192. The van der Waals surface area contributed by atoms with E-state index in [4.69, 9.17) is 4.74 Å². The highest BCUT2D eigenvalue weighted by atomic mass is 19.1. The molecule has 1 aliphatic rings. The second-order valence-electron chi connectivity index (χ2n) is 8.24. The molecule has 4 aromatic rings. The minimum atomic E-state index is -0.688. The first-order valence-corrected chi connectivity index (χ1v) is 10.7. The molecule has 0 aliphatic carbocycles. The zero-order valence-electron chi connectivity index (χ0n) is 18.3. The van der Waals surface area contributed by atoms with Gasteiger partial charge in [0.25, 0.3) is 0 Å². The van der Waals surface area contributed by atoms with Crippen LogP contribution in [0.3, 0.4) is 0 Å². The number of benzene rings is 3. The number of halogens is 2. The molecule has 0 radical (unpaired) electrons. The van der Waals surface area contributed by atoms with Crippen LogP contribution in [0.5, 0.6) is 5.75 Å². The molecule has 0 bridgehead atoms. The van der Waals surface area contributed by atoms with Gasteiger partial charge in [-0.2, -0.15) is 0 Å². The number of nitrogens with zero attached hydrogens (tertiary/aromatic N) is 1. The summed E-state index contributed by atoms with van der Waals surface area (Å²) in [6.07, 6.45) is 0.615. The van der Waals surface area contributed by atoms with Gasteiger partial charge in [-0.3, -0.25) is 0 Å². The van der Waals surface area contributed by atoms with Crippen LogP contribution < -0.4 is 10.1 Å². The highest BCUT2D eigenvalue weighted by molar-refractivity contribution is 5.92. The van der Waals surface area contributed by atoms with Crippen LogP contribution in [0, 0.1) is 18.6 Å². The number of aromatic amines is 1. The van der Waals surface area contributed by atoms with Gasteiger partial charge in [-0.1, -0.05) is 29.8 Å². The number of nitrogens with one attached hydrogen (secondary N) is 2. The summed E-state index contributed by atoms with van der Waals surface area (Å²) >= 11 is 0. The number of H-pyrrole nitrogens is 1. The van der Waals surface area contributed by atoms with Crippen molar-refractivity contribution in [3.63, 3.8) is 0 Å². The minimum absolute atomic E-state index is 0.185. The van der Waals surface area contributed by atoms with E-state index < -0.39 is 23.7 Å². The second kappa shape index (κ2) is 8.24. The number of urea groups is 1. The molecule has 1 aliphatic heterocycles. The molecule has 0 saturated carbocycles. The molecule has 5 nitrogen and oxygen atoms in total. The Bertz CT molecular complexity index is 1350. The molecule has 0 fully saturated rings. The van der Waals surface area contributed by atoms with Gasteiger partial charge in [-0.05, 0) is 54.8 Å². The molecule has 5 rings (SSSR count). The average Bonchev–Trinajstić information content (AvgIpc) is 3.19. The molecule has 7 heteroatoms. The number of aromatic nitrogens is 1. The summed E-state index contributed by atoms with van der Waals surface area (Å²) in [7, 11) is 1.63. The maximum Gasteiger partial charge on any atom is 0.322 e. The summed E-state index contributed by atoms with van der Waals surface area (Å²) in [5, 5.41) is 3.61. The summed E-state index contributed by atoms with van der Waals surface area (Å²) in [6.45, 7) is 2.42. The molecule has 2 amide bonds. The smallest absolute Gasteiger partial charge is 0.322 e. The van der Waals surface area contributed by atoms with Crippen LogP contribution in [0.15, 0.2) is 60.7 Å². The summed E-state index contributed by atoms with van der Waals surface area (Å²) in [4.78, 5) is 18.4. The zero-order chi connectivity index (χ0) is 23.1. The van der Waals surface area contributed by atoms with Gasteiger partial charge >= 0.3 is 6.03 Å². The van der Waals surface area contributed by atoms with Gasteiger partial charge in [0.05, 0.1) is 18.8 Å². The molecule has 2 N–H and O–H groups in total. The molecule has 2 heterocycles. The summed E-state index contributed by atoms with van der Waals surface area (Å²) in [5.74, 6) is -0.544. The van der Waals surface area contributed by atoms with Crippen molar-refractivity contribution in [2.24, 2.45) is 0 Å². The van der Waals surface area contributed by atoms with E-state index in [1.807, 2.05) is 49.4 Å². The van der Waals surface area contributed by atoms with Crippen LogP contribution in [-0.2, 0) is 6.42 Å². The largest absolute Gasteiger partial charge is 0.497 e. The molecule has 1 aromatic heterocycles. The quantitative estimate of drug-likeness (QED) is 0.408. The van der Waals surface area contributed by atoms with Gasteiger partial charge < -0.3 is 19.9 Å². The number of anilines is 1. The molecule has 33 heavy (non-hydrogen) atoms. The van der Waals surface area contributed by atoms with Crippen molar-refractivity contribution < 1.29 is 18.3 Å². The standard InChI is InChI=1S/C26H23F2N3O2/c1-15-3-5-16(6-4-15)25-24-19(20-14-18(33-2)8-10-22(20)29-24)11-12-31(25)26(32)30-23-13-17(27)7-9-21(23)28/h3-10,13-14,25,29H,11-12H2,1-2H3,(H,30,32)/t25-/m0/s1. The number of ether oxygens (including phenoxy) is 1. The lowest BCUT2D eigenvalue weighted by Crippen LogP contribution is -2.43. The lowest BCUT2D eigenvalue weighted by Gasteiger charge is -2.36. The van der Waals surface area contributed by atoms with Gasteiger partial charge in [-0.25, -0.2) is 13.6 Å². The lowest BCUT2D eigenvalue weighted by molar-refractivity contribution is 0.193. The van der Waals surface area contributed by atoms with E-state index in [1.54, 1.807) is 12.0 Å². The monoisotopic (exact) mass is 447 g/mol. The normalized spacial score (nSPS) is 15.4. The minimum Gasteiger partial charge on any atom is -0.497 e. The predicted octanol–water partition coefficient (Wildman–Crippen LogP) is 5.94. The van der Waals surface area contributed by atoms with Crippen molar-refractivity contribution in [3.8, 4) is 5.75 Å². The van der Waals surface area contributed by atoms with E-state index in [0.29, 0.717) is 13.0 Å². The SMILES string of the molecule is COc1ccc2[nH]c3c(c2c1)CCN(C(=O)Nc1cc(F)ccc1F)[C@H]3c1ccc(C)cc1. The number of carbonyl (C=O) groups is 1. The van der Waals surface area contributed by atoms with E-state index in [1.165, 1.54) is 0 Å². The number of rotatable bonds is 3. The molecular formula is C26H23F2N3O2. The number of hydrogen-bond donors (Lipinski definition) is 2. The fourth-order valence-electron chi connectivity index (χ4n) is 4.49. The Balaban J connectivity index is 1.59. The summed E-state index contributed by atoms with van der Waals surface area (Å²) in [5.41, 5.74) is 4.83. The van der Waals surface area contributed by atoms with Crippen LogP contribution in [0.4, 0.5) is 19.3 Å². The Morgan fingerprint density at radius 3 is 2.64 bits per heavy atom. The number of hydrogen-bond acceptors (Lipinski definition) is 2. The molecular weight excluding hydrogens is 424 g/mol. The van der Waals surface area contributed by atoms with Gasteiger partial charge in [0.15, 0.2) is 0 Å². The highest BCUT2D eigenvalue weighted by Crippen LogP contribution is 2.39. The molecule has 3 aromatic carbocycles. The number of carbonyl (C=O) groups excluding carboxylic acids is 1. The topological polar surface area (TPSA) is 57.4 Å². The van der Waals surface area contributed by atoms with Crippen LogP contribution in [-0.4, -0.2) is 29.6 Å². The van der Waals surface area contributed by atoms with E-state index in [-0.39, 0.29) is 5.69 Å². The first kappa shape index (κ1) is 21.0. The fourth-order valence-corrected chi connectivity index (χ4v) is 4.49. The van der Waals surface area contributed by atoms with Gasteiger partial charge in [0.2, 0.25) is 0 Å². The number of fused-ring (bicyclic) bond motifs is 3. The van der Waals surface area contributed by atoms with Crippen LogP contribution in [0.25, 0.3) is 10.9 Å². The van der Waals surface area contributed by atoms with Crippen molar-refractivity contribution in [2.75, 3.05) is 19.0 Å². The van der Waals surface area contributed by atoms with Crippen molar-refractivity contribution in [2.45, 2.75) is 19.4 Å². The van der Waals surface area contributed by atoms with E-state index in [9.17, 15) is 13.6 Å². The van der Waals surface area contributed by atoms with Gasteiger partial charge in [0.1, 0.15) is 17.4 Å². The average molecular weight is 447 g/mol. The second-order valence-corrected chi connectivity index (χ2v) is 8.24. The molecule has 0 unspecified atom stereocenters. The number of aryl methyl sites for hydroxylation is 1. The first-order chi connectivity index (χ1) is 15.9. The van der Waals surface area contributed by atoms with Crippen molar-refractivity contribution in [3.05, 3.63) is 94.7 Å². The Kier molecular flexibility index (Phi) is 5.24. The van der Waals surface area contributed by atoms with Crippen LogP contribution in [0.2, 0.25) is 0 Å². The van der Waals surface area contributed by atoms with Crippen LogP contribution >= 0.6 is 0 Å². The molecule has 0 spiro atoms. The van der Waals surface area contributed by atoms with Gasteiger partial charge in [0, 0.05) is 29.2 Å². The van der Waals surface area contributed by atoms with Crippen molar-refractivity contribution in [1.29, 1.82) is 0 Å². The first-order valence-electron chi connectivity index (χ1n) is 10.7. The highest BCUT2D eigenvalue weighted by Gasteiger charge is 2.35. The molecule has 168 valence electrons. The summed E-state index contributed by atoms with van der Waals surface area (Å²) in [6, 6.07) is 15.9. The molecule has 0 saturated heterocycles. The zero-order valence-corrected chi connectivity index (χ0v) is 18.3. The van der Waals surface area contributed by atoms with Gasteiger partial charge in [-0.15, -0.1) is 0 Å². The molecule has 1 atom stereocenters.